The van der Waals surface area contributed by atoms with Crippen molar-refractivity contribution in [3.05, 3.63) is 41.1 Å². The highest BCUT2D eigenvalue weighted by Gasteiger charge is 2.34. The first-order valence-corrected chi connectivity index (χ1v) is 7.39. The van der Waals surface area contributed by atoms with Gasteiger partial charge in [0.25, 0.3) is 0 Å². The van der Waals surface area contributed by atoms with Crippen molar-refractivity contribution >= 4 is 17.5 Å². The van der Waals surface area contributed by atoms with E-state index < -0.39 is 11.9 Å². The Morgan fingerprint density at radius 3 is 2.30 bits per heavy atom. The molecule has 2 aromatic rings. The second-order valence-electron chi connectivity index (χ2n) is 5.77. The normalized spacial score (nSPS) is 14.7. The average Bonchev–Trinajstić information content (AvgIpc) is 3.26. The predicted octanol–water partition coefficient (Wildman–Crippen LogP) is 4.43. The van der Waals surface area contributed by atoms with Crippen molar-refractivity contribution in [2.45, 2.75) is 38.9 Å². The summed E-state index contributed by atoms with van der Waals surface area (Å²) in [6.07, 6.45) is -2.65. The third-order valence-corrected chi connectivity index (χ3v) is 3.66. The van der Waals surface area contributed by atoms with Crippen LogP contribution in [0.2, 0.25) is 0 Å². The van der Waals surface area contributed by atoms with Gasteiger partial charge < -0.3 is 10.6 Å². The van der Waals surface area contributed by atoms with Gasteiger partial charge in [-0.1, -0.05) is 18.2 Å². The Hall–Kier alpha value is -2.31. The van der Waals surface area contributed by atoms with Crippen LogP contribution < -0.4 is 10.6 Å². The summed E-state index contributed by atoms with van der Waals surface area (Å²) in [7, 11) is 0. The van der Waals surface area contributed by atoms with E-state index in [4.69, 9.17) is 0 Å². The summed E-state index contributed by atoms with van der Waals surface area (Å²) < 4.78 is 39.2. The van der Waals surface area contributed by atoms with Crippen LogP contribution in [0.15, 0.2) is 24.3 Å². The molecule has 1 aromatic carbocycles. The molecule has 0 radical (unpaired) electrons. The first-order valence-electron chi connectivity index (χ1n) is 7.39. The number of nitrogens with zero attached hydrogens (tertiary/aromatic N) is 2. The van der Waals surface area contributed by atoms with Crippen molar-refractivity contribution in [2.24, 2.45) is 0 Å². The molecule has 1 saturated carbocycles. The van der Waals surface area contributed by atoms with Gasteiger partial charge in [-0.3, -0.25) is 0 Å². The first-order chi connectivity index (χ1) is 10.8. The van der Waals surface area contributed by atoms with E-state index in [0.717, 1.165) is 35.7 Å². The minimum absolute atomic E-state index is 0.0102. The number of aromatic nitrogens is 2. The van der Waals surface area contributed by atoms with Gasteiger partial charge in [0, 0.05) is 17.8 Å². The van der Waals surface area contributed by atoms with Gasteiger partial charge in [0.1, 0.15) is 5.82 Å². The molecule has 0 aliphatic heterocycles. The van der Waals surface area contributed by atoms with Crippen LogP contribution in [0.5, 0.6) is 0 Å². The molecule has 23 heavy (non-hydrogen) atoms. The minimum atomic E-state index is -4.51. The van der Waals surface area contributed by atoms with E-state index in [1.807, 2.05) is 32.0 Å². The van der Waals surface area contributed by atoms with Crippen LogP contribution in [0.25, 0.3) is 0 Å². The lowest BCUT2D eigenvalue weighted by atomic mass is 10.1. The Balaban J connectivity index is 1.96. The highest BCUT2D eigenvalue weighted by Crippen LogP contribution is 2.32. The van der Waals surface area contributed by atoms with Crippen molar-refractivity contribution in [1.82, 2.24) is 9.97 Å². The van der Waals surface area contributed by atoms with Crippen molar-refractivity contribution in [3.8, 4) is 0 Å². The number of anilines is 3. The fourth-order valence-corrected chi connectivity index (χ4v) is 2.27. The molecule has 0 atom stereocenters. The molecular weight excluding hydrogens is 305 g/mol. The van der Waals surface area contributed by atoms with Gasteiger partial charge in [-0.15, -0.1) is 0 Å². The lowest BCUT2D eigenvalue weighted by molar-refractivity contribution is -0.141. The second kappa shape index (κ2) is 5.72. The van der Waals surface area contributed by atoms with Gasteiger partial charge in [-0.05, 0) is 37.8 Å². The summed E-state index contributed by atoms with van der Waals surface area (Å²) in [4.78, 5) is 7.76. The van der Waals surface area contributed by atoms with Crippen molar-refractivity contribution in [2.75, 3.05) is 10.6 Å². The summed E-state index contributed by atoms with van der Waals surface area (Å²) in [6, 6.07) is 6.79. The zero-order chi connectivity index (χ0) is 16.6. The molecule has 0 unspecified atom stereocenters. The first kappa shape index (κ1) is 15.6. The highest BCUT2D eigenvalue weighted by atomic mass is 19.4. The molecular formula is C16H17F3N4. The zero-order valence-electron chi connectivity index (χ0n) is 12.8. The number of halogens is 3. The summed E-state index contributed by atoms with van der Waals surface area (Å²) >= 11 is 0. The number of hydrogen-bond donors (Lipinski definition) is 2. The smallest absolute Gasteiger partial charge is 0.351 e. The van der Waals surface area contributed by atoms with Gasteiger partial charge in [0.15, 0.2) is 5.69 Å². The lowest BCUT2D eigenvalue weighted by Gasteiger charge is -2.15. The van der Waals surface area contributed by atoms with Crippen LogP contribution in [0, 0.1) is 13.8 Å². The topological polar surface area (TPSA) is 49.8 Å². The van der Waals surface area contributed by atoms with E-state index >= 15 is 0 Å². The summed E-state index contributed by atoms with van der Waals surface area (Å²) in [5.74, 6) is 0.143. The Labute approximate surface area is 132 Å². The van der Waals surface area contributed by atoms with Crippen molar-refractivity contribution in [1.29, 1.82) is 0 Å². The summed E-state index contributed by atoms with van der Waals surface area (Å²) in [5, 5.41) is 5.92. The number of rotatable bonds is 4. The number of alkyl halides is 3. The van der Waals surface area contributed by atoms with Gasteiger partial charge in [-0.2, -0.15) is 18.2 Å². The van der Waals surface area contributed by atoms with E-state index in [-0.39, 0.29) is 17.8 Å². The Morgan fingerprint density at radius 1 is 1.09 bits per heavy atom. The molecule has 3 rings (SSSR count). The molecule has 122 valence electrons. The van der Waals surface area contributed by atoms with E-state index in [1.54, 1.807) is 0 Å². The predicted molar refractivity (Wildman–Crippen MR) is 82.9 cm³/mol. The van der Waals surface area contributed by atoms with Crippen LogP contribution in [0.4, 0.5) is 30.6 Å². The molecule has 1 fully saturated rings. The van der Waals surface area contributed by atoms with Crippen LogP contribution >= 0.6 is 0 Å². The van der Waals surface area contributed by atoms with E-state index in [0.29, 0.717) is 0 Å². The summed E-state index contributed by atoms with van der Waals surface area (Å²) in [5.41, 5.74) is 1.68. The SMILES string of the molecule is Cc1cccc(C)c1Nc1cc(C(F)(F)F)nc(NC2CC2)n1. The molecule has 1 aliphatic carbocycles. The number of hydrogen-bond acceptors (Lipinski definition) is 4. The number of aryl methyl sites for hydroxylation is 2. The van der Waals surface area contributed by atoms with Gasteiger partial charge in [0.2, 0.25) is 5.95 Å². The quantitative estimate of drug-likeness (QED) is 0.874. The maximum Gasteiger partial charge on any atom is 0.433 e. The number of benzene rings is 1. The Kier molecular flexibility index (Phi) is 3.87. The molecule has 1 aliphatic rings. The molecule has 1 heterocycles. The van der Waals surface area contributed by atoms with Crippen molar-refractivity contribution in [3.63, 3.8) is 0 Å². The van der Waals surface area contributed by atoms with Crippen LogP contribution in [0.3, 0.4) is 0 Å². The summed E-state index contributed by atoms with van der Waals surface area (Å²) in [6.45, 7) is 3.79. The van der Waals surface area contributed by atoms with Crippen molar-refractivity contribution < 1.29 is 13.2 Å². The largest absolute Gasteiger partial charge is 0.433 e. The monoisotopic (exact) mass is 322 g/mol. The molecule has 0 bridgehead atoms. The third kappa shape index (κ3) is 3.72. The fraction of sp³-hybridized carbons (Fsp3) is 0.375. The van der Waals surface area contributed by atoms with Crippen LogP contribution in [0.1, 0.15) is 29.7 Å². The van der Waals surface area contributed by atoms with E-state index in [1.165, 1.54) is 0 Å². The molecule has 2 N–H and O–H groups in total. The average molecular weight is 322 g/mol. The Morgan fingerprint density at radius 2 is 1.74 bits per heavy atom. The molecule has 7 heteroatoms. The second-order valence-corrected chi connectivity index (χ2v) is 5.77. The van der Waals surface area contributed by atoms with Crippen LogP contribution in [-0.2, 0) is 6.18 Å². The Bertz CT molecular complexity index is 704. The maximum atomic E-state index is 13.1. The van der Waals surface area contributed by atoms with E-state index in [9.17, 15) is 13.2 Å². The lowest BCUT2D eigenvalue weighted by Crippen LogP contribution is -2.14. The fourth-order valence-electron chi connectivity index (χ4n) is 2.27. The number of para-hydroxylation sites is 1. The van der Waals surface area contributed by atoms with Gasteiger partial charge >= 0.3 is 6.18 Å². The maximum absolute atomic E-state index is 13.1. The highest BCUT2D eigenvalue weighted by molar-refractivity contribution is 5.65. The molecule has 4 nitrogen and oxygen atoms in total. The standard InChI is InChI=1S/C16H17F3N4/c1-9-4-3-5-10(2)14(9)22-13-8-12(16(17,18)19)21-15(23-13)20-11-6-7-11/h3-5,8,11H,6-7H2,1-2H3,(H2,20,21,22,23). The molecule has 1 aromatic heterocycles. The van der Waals surface area contributed by atoms with E-state index in [2.05, 4.69) is 20.6 Å². The molecule has 0 spiro atoms. The van der Waals surface area contributed by atoms with Crippen LogP contribution in [-0.4, -0.2) is 16.0 Å². The third-order valence-electron chi connectivity index (χ3n) is 3.66. The van der Waals surface area contributed by atoms with Gasteiger partial charge in [-0.25, -0.2) is 4.98 Å². The van der Waals surface area contributed by atoms with Gasteiger partial charge in [0.05, 0.1) is 0 Å². The molecule has 0 amide bonds. The minimum Gasteiger partial charge on any atom is -0.351 e. The zero-order valence-corrected chi connectivity index (χ0v) is 12.8. The molecule has 0 saturated heterocycles. The number of nitrogens with one attached hydrogen (secondary N) is 2.